The van der Waals surface area contributed by atoms with E-state index in [1.165, 1.54) is 30.4 Å². The molecule has 1 aromatic heterocycles. The van der Waals surface area contributed by atoms with Crippen LogP contribution < -0.4 is 11.1 Å². The SMILES string of the molecule is CN(C(=O)C12CC(N)(C1)C2)C(c1ccc(N[C@H]2Cc3ccccc3C2(C)C)cn1)C(F)(F)F.Cl.Cl. The Morgan fingerprint density at radius 1 is 1.14 bits per heavy atom. The maximum Gasteiger partial charge on any atom is 0.414 e. The zero-order valence-corrected chi connectivity index (χ0v) is 21.5. The molecule has 1 aromatic carbocycles. The highest BCUT2D eigenvalue weighted by Gasteiger charge is 2.71. The van der Waals surface area contributed by atoms with Gasteiger partial charge < -0.3 is 16.0 Å². The van der Waals surface area contributed by atoms with Gasteiger partial charge in [-0.25, -0.2) is 0 Å². The summed E-state index contributed by atoms with van der Waals surface area (Å²) in [5.41, 5.74) is 7.81. The highest BCUT2D eigenvalue weighted by atomic mass is 35.5. The van der Waals surface area contributed by atoms with Gasteiger partial charge >= 0.3 is 6.18 Å². The van der Waals surface area contributed by atoms with Crippen LogP contribution in [0.1, 0.15) is 56.0 Å². The van der Waals surface area contributed by atoms with E-state index in [-0.39, 0.29) is 47.5 Å². The van der Waals surface area contributed by atoms with E-state index in [1.807, 2.05) is 12.1 Å². The van der Waals surface area contributed by atoms with Gasteiger partial charge in [0.1, 0.15) is 0 Å². The molecule has 35 heavy (non-hydrogen) atoms. The highest BCUT2D eigenvalue weighted by Crippen LogP contribution is 2.66. The Labute approximate surface area is 215 Å². The minimum absolute atomic E-state index is 0. The molecule has 3 saturated carbocycles. The Hall–Kier alpha value is -2.03. The van der Waals surface area contributed by atoms with Crippen LogP contribution in [-0.4, -0.2) is 40.6 Å². The number of hydrogen-bond donors (Lipinski definition) is 2. The largest absolute Gasteiger partial charge is 0.414 e. The molecular formula is C25H31Cl2F3N4O. The van der Waals surface area contributed by atoms with Crippen molar-refractivity contribution in [3.63, 3.8) is 0 Å². The summed E-state index contributed by atoms with van der Waals surface area (Å²) in [5.74, 6) is -0.494. The molecule has 0 saturated heterocycles. The molecule has 1 unspecified atom stereocenters. The van der Waals surface area contributed by atoms with Crippen molar-refractivity contribution in [1.29, 1.82) is 0 Å². The fourth-order valence-corrected chi connectivity index (χ4v) is 6.25. The van der Waals surface area contributed by atoms with Gasteiger partial charge in [-0.2, -0.15) is 13.2 Å². The molecule has 3 fully saturated rings. The van der Waals surface area contributed by atoms with Gasteiger partial charge in [-0.1, -0.05) is 38.1 Å². The van der Waals surface area contributed by atoms with E-state index in [4.69, 9.17) is 5.73 Å². The first-order valence-electron chi connectivity index (χ1n) is 11.3. The predicted molar refractivity (Wildman–Crippen MR) is 134 cm³/mol. The molecule has 6 rings (SSSR count). The third kappa shape index (κ3) is 4.38. The van der Waals surface area contributed by atoms with Crippen molar-refractivity contribution in [2.75, 3.05) is 12.4 Å². The molecule has 2 aromatic rings. The second-order valence-electron chi connectivity index (χ2n) is 10.8. The Morgan fingerprint density at radius 3 is 2.29 bits per heavy atom. The van der Waals surface area contributed by atoms with E-state index in [2.05, 4.69) is 36.3 Å². The number of benzene rings is 1. The van der Waals surface area contributed by atoms with Crippen molar-refractivity contribution >= 4 is 36.4 Å². The van der Waals surface area contributed by atoms with Crippen molar-refractivity contribution in [1.82, 2.24) is 9.88 Å². The van der Waals surface area contributed by atoms with Crippen LogP contribution in [0, 0.1) is 5.41 Å². The second-order valence-corrected chi connectivity index (χ2v) is 10.8. The summed E-state index contributed by atoms with van der Waals surface area (Å²) in [7, 11) is 1.22. The molecule has 1 heterocycles. The molecule has 192 valence electrons. The van der Waals surface area contributed by atoms with Crippen LogP contribution in [0.4, 0.5) is 18.9 Å². The van der Waals surface area contributed by atoms with E-state index in [9.17, 15) is 18.0 Å². The van der Waals surface area contributed by atoms with Crippen molar-refractivity contribution in [3.8, 4) is 0 Å². The number of halogens is 5. The Morgan fingerprint density at radius 2 is 1.77 bits per heavy atom. The molecule has 10 heteroatoms. The van der Waals surface area contributed by atoms with Gasteiger partial charge in [-0.15, -0.1) is 24.8 Å². The molecule has 4 aliphatic carbocycles. The van der Waals surface area contributed by atoms with Crippen LogP contribution in [0.3, 0.4) is 0 Å². The predicted octanol–water partition coefficient (Wildman–Crippen LogP) is 5.18. The number of nitrogens with one attached hydrogen (secondary N) is 1. The molecule has 4 aliphatic rings. The molecule has 1 amide bonds. The lowest BCUT2D eigenvalue weighted by molar-refractivity contribution is -0.211. The molecule has 0 radical (unpaired) electrons. The summed E-state index contributed by atoms with van der Waals surface area (Å²) in [5, 5.41) is 3.45. The minimum atomic E-state index is -4.63. The highest BCUT2D eigenvalue weighted by molar-refractivity contribution is 5.87. The maximum absolute atomic E-state index is 14.0. The molecular weight excluding hydrogens is 500 g/mol. The number of nitrogens with two attached hydrogens (primary N) is 1. The van der Waals surface area contributed by atoms with Gasteiger partial charge in [0.15, 0.2) is 6.04 Å². The lowest BCUT2D eigenvalue weighted by Gasteiger charge is -2.68. The van der Waals surface area contributed by atoms with Crippen molar-refractivity contribution in [2.24, 2.45) is 11.1 Å². The maximum atomic E-state index is 14.0. The van der Waals surface area contributed by atoms with E-state index >= 15 is 0 Å². The fourth-order valence-electron chi connectivity index (χ4n) is 6.25. The van der Waals surface area contributed by atoms with Crippen LogP contribution in [0.15, 0.2) is 42.6 Å². The van der Waals surface area contributed by atoms with E-state index < -0.39 is 23.5 Å². The van der Waals surface area contributed by atoms with Crippen molar-refractivity contribution in [2.45, 2.75) is 68.7 Å². The first-order valence-corrected chi connectivity index (χ1v) is 11.3. The first kappa shape index (κ1) is 27.6. The number of amides is 1. The summed E-state index contributed by atoms with van der Waals surface area (Å²) < 4.78 is 42.1. The van der Waals surface area contributed by atoms with Crippen LogP contribution in [0.2, 0.25) is 0 Å². The van der Waals surface area contributed by atoms with Gasteiger partial charge in [0.25, 0.3) is 0 Å². The number of fused-ring (bicyclic) bond motifs is 1. The number of alkyl halides is 3. The zero-order valence-electron chi connectivity index (χ0n) is 19.9. The minimum Gasteiger partial charge on any atom is -0.380 e. The first-order chi connectivity index (χ1) is 15.3. The summed E-state index contributed by atoms with van der Waals surface area (Å²) >= 11 is 0. The standard InChI is InChI=1S/C25H29F3N4O.2ClH/c1-22(2)17-7-5-4-6-15(17)10-19(22)31-16-8-9-18(30-11-16)20(25(26,27)28)32(3)21(33)23-12-24(29,13-23)14-23;;/h4-9,11,19-20,31H,10,12-14,29H2,1-3H3;2*1H/t19-,20?,23?,24?;;/m0../s1. The molecule has 5 nitrogen and oxygen atoms in total. The van der Waals surface area contributed by atoms with Crippen LogP contribution in [0.5, 0.6) is 0 Å². The monoisotopic (exact) mass is 530 g/mol. The number of carbonyl (C=O) groups is 1. The van der Waals surface area contributed by atoms with Gasteiger partial charge in [0.05, 0.1) is 23.0 Å². The molecule has 0 spiro atoms. The van der Waals surface area contributed by atoms with E-state index in [0.29, 0.717) is 24.9 Å². The van der Waals surface area contributed by atoms with Crippen LogP contribution in [-0.2, 0) is 16.6 Å². The zero-order chi connectivity index (χ0) is 23.8. The van der Waals surface area contributed by atoms with E-state index in [0.717, 1.165) is 11.3 Å². The number of nitrogens with zero attached hydrogens (tertiary/aromatic N) is 2. The normalized spacial score (nSPS) is 28.3. The number of rotatable bonds is 5. The van der Waals surface area contributed by atoms with Gasteiger partial charge in [-0.3, -0.25) is 9.78 Å². The third-order valence-corrected chi connectivity index (χ3v) is 7.96. The van der Waals surface area contributed by atoms with Crippen molar-refractivity contribution < 1.29 is 18.0 Å². The van der Waals surface area contributed by atoms with Gasteiger partial charge in [-0.05, 0) is 48.9 Å². The van der Waals surface area contributed by atoms with Crippen molar-refractivity contribution in [3.05, 3.63) is 59.4 Å². The molecule has 0 aliphatic heterocycles. The third-order valence-electron chi connectivity index (χ3n) is 7.96. The van der Waals surface area contributed by atoms with Crippen LogP contribution in [0.25, 0.3) is 0 Å². The second kappa shape index (κ2) is 8.82. The molecule has 2 bridgehead atoms. The average Bonchev–Trinajstić information content (AvgIpc) is 2.95. The number of aromatic nitrogens is 1. The summed E-state index contributed by atoms with van der Waals surface area (Å²) in [6.45, 7) is 4.32. The quantitative estimate of drug-likeness (QED) is 0.558. The Balaban J connectivity index is 0.00000171. The number of hydrogen-bond acceptors (Lipinski definition) is 4. The smallest absolute Gasteiger partial charge is 0.380 e. The number of carbonyl (C=O) groups excluding carboxylic acids is 1. The average molecular weight is 531 g/mol. The lowest BCUT2D eigenvalue weighted by Crippen LogP contribution is -2.76. The van der Waals surface area contributed by atoms with Gasteiger partial charge in [0, 0.05) is 24.0 Å². The van der Waals surface area contributed by atoms with Crippen LogP contribution >= 0.6 is 24.8 Å². The Bertz CT molecular complexity index is 1090. The lowest BCUT2D eigenvalue weighted by atomic mass is 9.39. The topological polar surface area (TPSA) is 71.2 Å². The Kier molecular flexibility index (Phi) is 6.94. The number of anilines is 1. The van der Waals surface area contributed by atoms with Gasteiger partial charge in [0.2, 0.25) is 5.91 Å². The van der Waals surface area contributed by atoms with E-state index in [1.54, 1.807) is 6.07 Å². The molecule has 3 N–H and O–H groups in total. The summed E-state index contributed by atoms with van der Waals surface area (Å²) in [6, 6.07) is 9.27. The summed E-state index contributed by atoms with van der Waals surface area (Å²) in [4.78, 5) is 17.8. The molecule has 2 atom stereocenters. The number of pyridine rings is 1. The summed E-state index contributed by atoms with van der Waals surface area (Å²) in [6.07, 6.45) is -0.985. The fraction of sp³-hybridized carbons (Fsp3) is 0.520.